The third-order valence-electron chi connectivity index (χ3n) is 6.71. The summed E-state index contributed by atoms with van der Waals surface area (Å²) in [5, 5.41) is 22.6. The summed E-state index contributed by atoms with van der Waals surface area (Å²) in [5.41, 5.74) is 3.05. The number of H-pyrrole nitrogens is 1. The summed E-state index contributed by atoms with van der Waals surface area (Å²) in [5.74, 6) is 1.43. The van der Waals surface area contributed by atoms with E-state index in [0.717, 1.165) is 41.6 Å². The van der Waals surface area contributed by atoms with Crippen LogP contribution in [0, 0.1) is 12.7 Å². The van der Waals surface area contributed by atoms with Crippen molar-refractivity contribution in [1.29, 1.82) is 0 Å². The van der Waals surface area contributed by atoms with E-state index in [1.54, 1.807) is 12.3 Å². The maximum absolute atomic E-state index is 14.4. The zero-order valence-corrected chi connectivity index (χ0v) is 20.6. The van der Waals surface area contributed by atoms with Crippen LogP contribution < -0.4 is 16.0 Å². The first-order valence-corrected chi connectivity index (χ1v) is 12.6. The van der Waals surface area contributed by atoms with Crippen LogP contribution in [0.25, 0.3) is 11.0 Å². The van der Waals surface area contributed by atoms with Crippen molar-refractivity contribution in [2.24, 2.45) is 0 Å². The Morgan fingerprint density at radius 3 is 2.76 bits per heavy atom. The lowest BCUT2D eigenvalue weighted by atomic mass is 10.1. The Labute approximate surface area is 213 Å². The topological polar surface area (TPSA) is 127 Å². The molecule has 6 rings (SSSR count). The second-order valence-electron chi connectivity index (χ2n) is 9.50. The summed E-state index contributed by atoms with van der Waals surface area (Å²) in [6.45, 7) is 5.05. The van der Waals surface area contributed by atoms with Gasteiger partial charge in [-0.3, -0.25) is 5.10 Å². The zero-order valence-electron chi connectivity index (χ0n) is 20.6. The van der Waals surface area contributed by atoms with Gasteiger partial charge in [0.2, 0.25) is 5.95 Å². The number of aromatic amines is 1. The molecule has 4 N–H and O–H groups in total. The fourth-order valence-electron chi connectivity index (χ4n) is 4.74. The molecule has 37 heavy (non-hydrogen) atoms. The number of halogens is 1. The summed E-state index contributed by atoms with van der Waals surface area (Å²) >= 11 is 0. The van der Waals surface area contributed by atoms with E-state index in [1.807, 2.05) is 23.7 Å². The molecule has 0 radical (unpaired) electrons. The van der Waals surface area contributed by atoms with E-state index in [9.17, 15) is 4.39 Å². The normalized spacial score (nSPS) is 18.4. The number of ether oxygens (including phenoxy) is 2. The average molecular weight is 508 g/mol. The molecule has 1 unspecified atom stereocenters. The molecule has 1 atom stereocenters. The van der Waals surface area contributed by atoms with Crippen LogP contribution in [0.4, 0.5) is 27.7 Å². The molecule has 2 aliphatic rings. The summed E-state index contributed by atoms with van der Waals surface area (Å²) in [7, 11) is 0. The van der Waals surface area contributed by atoms with E-state index >= 15 is 0 Å². The third kappa shape index (κ3) is 5.20. The van der Waals surface area contributed by atoms with Crippen LogP contribution in [0.3, 0.4) is 0 Å². The Morgan fingerprint density at radius 2 is 1.97 bits per heavy atom. The highest BCUT2D eigenvalue weighted by Crippen LogP contribution is 2.30. The van der Waals surface area contributed by atoms with Gasteiger partial charge in [0.05, 0.1) is 36.0 Å². The zero-order chi connectivity index (χ0) is 25.2. The maximum Gasteiger partial charge on any atom is 0.227 e. The van der Waals surface area contributed by atoms with Gasteiger partial charge in [-0.2, -0.15) is 20.2 Å². The van der Waals surface area contributed by atoms with Crippen LogP contribution in [0.5, 0.6) is 0 Å². The van der Waals surface area contributed by atoms with Crippen molar-refractivity contribution in [3.8, 4) is 0 Å². The predicted molar refractivity (Wildman–Crippen MR) is 138 cm³/mol. The molecular formula is C25H30FN9O2. The summed E-state index contributed by atoms with van der Waals surface area (Å²) in [6.07, 6.45) is 4.41. The van der Waals surface area contributed by atoms with Gasteiger partial charge in [0.1, 0.15) is 11.6 Å². The lowest BCUT2D eigenvalue weighted by molar-refractivity contribution is 0.0673. The average Bonchev–Trinajstić information content (AvgIpc) is 3.67. The largest absolute Gasteiger partial charge is 0.381 e. The smallest absolute Gasteiger partial charge is 0.227 e. The van der Waals surface area contributed by atoms with Crippen LogP contribution in [0.1, 0.15) is 36.6 Å². The Bertz CT molecular complexity index is 1380. The highest BCUT2D eigenvalue weighted by atomic mass is 19.1. The number of nitrogens with zero attached hydrogens (tertiary/aromatic N) is 5. The molecule has 0 amide bonds. The highest BCUT2D eigenvalue weighted by molar-refractivity contribution is 5.89. The van der Waals surface area contributed by atoms with Gasteiger partial charge in [-0.25, -0.2) is 9.07 Å². The van der Waals surface area contributed by atoms with Crippen LogP contribution in [0.2, 0.25) is 0 Å². The van der Waals surface area contributed by atoms with Gasteiger partial charge < -0.3 is 25.4 Å². The van der Waals surface area contributed by atoms with E-state index in [0.29, 0.717) is 56.2 Å². The van der Waals surface area contributed by atoms with Crippen molar-refractivity contribution in [1.82, 2.24) is 29.9 Å². The first-order valence-electron chi connectivity index (χ1n) is 12.6. The number of hydrogen-bond donors (Lipinski definition) is 4. The summed E-state index contributed by atoms with van der Waals surface area (Å²) < 4.78 is 27.3. The lowest BCUT2D eigenvalue weighted by Crippen LogP contribution is -2.21. The van der Waals surface area contributed by atoms with Gasteiger partial charge in [-0.05, 0) is 43.9 Å². The van der Waals surface area contributed by atoms with E-state index in [2.05, 4.69) is 31.2 Å². The number of aryl methyl sites for hydroxylation is 1. The minimum absolute atomic E-state index is 0.119. The van der Waals surface area contributed by atoms with Gasteiger partial charge in [0.15, 0.2) is 11.5 Å². The van der Waals surface area contributed by atoms with E-state index < -0.39 is 0 Å². The molecule has 4 aromatic rings. The molecule has 0 bridgehead atoms. The van der Waals surface area contributed by atoms with E-state index in [4.69, 9.17) is 19.4 Å². The highest BCUT2D eigenvalue weighted by Gasteiger charge is 2.22. The van der Waals surface area contributed by atoms with Crippen LogP contribution in [-0.4, -0.2) is 62.4 Å². The molecule has 2 aliphatic heterocycles. The first kappa shape index (κ1) is 23.6. The van der Waals surface area contributed by atoms with E-state index in [1.165, 1.54) is 6.07 Å². The minimum Gasteiger partial charge on any atom is -0.381 e. The molecule has 5 heterocycles. The van der Waals surface area contributed by atoms with Crippen LogP contribution in [-0.2, 0) is 16.0 Å². The van der Waals surface area contributed by atoms with Crippen LogP contribution >= 0.6 is 0 Å². The molecule has 11 nitrogen and oxygen atoms in total. The molecule has 1 aromatic carbocycles. The molecule has 0 saturated carbocycles. The molecule has 2 saturated heterocycles. The van der Waals surface area contributed by atoms with Crippen molar-refractivity contribution >= 4 is 34.3 Å². The number of hydrogen-bond acceptors (Lipinski definition) is 9. The second-order valence-corrected chi connectivity index (χ2v) is 9.50. The molecular weight excluding hydrogens is 477 g/mol. The Morgan fingerprint density at radius 1 is 1.11 bits per heavy atom. The fraction of sp³-hybridized carbons (Fsp3) is 0.440. The molecule has 0 aliphatic carbocycles. The standard InChI is InChI=1S/C25H30FN9O2/c1-15-10-22(34-33-15)30-23-19-13-28-35(18-5-8-36-9-6-18)24(19)32-25(31-23)27-12-16-2-3-20(26)21(11-16)29-17-4-7-37-14-17/h2-3,10-11,13,17-18,29H,4-9,12,14H2,1H3,(H3,27,30,31,32,33,34). The fourth-order valence-corrected chi connectivity index (χ4v) is 4.74. The Kier molecular flexibility index (Phi) is 6.58. The quantitative estimate of drug-likeness (QED) is 0.281. The molecule has 0 spiro atoms. The van der Waals surface area contributed by atoms with Crippen molar-refractivity contribution < 1.29 is 13.9 Å². The lowest BCUT2D eigenvalue weighted by Gasteiger charge is -2.22. The number of aromatic nitrogens is 6. The summed E-state index contributed by atoms with van der Waals surface area (Å²) in [4.78, 5) is 9.55. The minimum atomic E-state index is -0.283. The van der Waals surface area contributed by atoms with Gasteiger partial charge >= 0.3 is 0 Å². The number of fused-ring (bicyclic) bond motifs is 1. The molecule has 2 fully saturated rings. The monoisotopic (exact) mass is 507 g/mol. The van der Waals surface area contributed by atoms with Gasteiger partial charge in [-0.15, -0.1) is 0 Å². The molecule has 12 heteroatoms. The van der Waals surface area contributed by atoms with Gasteiger partial charge in [0, 0.05) is 38.1 Å². The van der Waals surface area contributed by atoms with Crippen molar-refractivity contribution in [2.45, 2.75) is 44.8 Å². The number of anilines is 4. The summed E-state index contributed by atoms with van der Waals surface area (Å²) in [6, 6.07) is 7.29. The Balaban J connectivity index is 1.28. The first-order chi connectivity index (χ1) is 18.1. The maximum atomic E-state index is 14.4. The van der Waals surface area contributed by atoms with Gasteiger partial charge in [0.25, 0.3) is 0 Å². The number of rotatable bonds is 8. The van der Waals surface area contributed by atoms with Crippen molar-refractivity contribution in [3.05, 3.63) is 47.5 Å². The molecule has 194 valence electrons. The number of benzene rings is 1. The van der Waals surface area contributed by atoms with Crippen LogP contribution in [0.15, 0.2) is 30.5 Å². The third-order valence-corrected chi connectivity index (χ3v) is 6.71. The predicted octanol–water partition coefficient (Wildman–Crippen LogP) is 3.90. The van der Waals surface area contributed by atoms with Crippen molar-refractivity contribution in [3.63, 3.8) is 0 Å². The second kappa shape index (κ2) is 10.3. The van der Waals surface area contributed by atoms with Crippen molar-refractivity contribution in [2.75, 3.05) is 42.4 Å². The number of nitrogens with one attached hydrogen (secondary N) is 4. The van der Waals surface area contributed by atoms with Gasteiger partial charge in [-0.1, -0.05) is 6.07 Å². The van der Waals surface area contributed by atoms with E-state index in [-0.39, 0.29) is 17.9 Å². The Hall–Kier alpha value is -3.77. The SMILES string of the molecule is Cc1cc(Nc2nc(NCc3ccc(F)c(NC4CCOC4)c3)nc3c2cnn3C2CCOCC2)n[nH]1. The molecule has 3 aromatic heterocycles.